The Labute approximate surface area is 139 Å². The predicted molar refractivity (Wildman–Crippen MR) is 90.8 cm³/mol. The number of hydrogen-bond acceptors (Lipinski definition) is 3. The third-order valence-corrected chi connectivity index (χ3v) is 5.42. The number of aromatic nitrogens is 3. The second-order valence-electron chi connectivity index (χ2n) is 6.69. The number of aromatic amines is 1. The van der Waals surface area contributed by atoms with Gasteiger partial charge in [0.2, 0.25) is 0 Å². The van der Waals surface area contributed by atoms with Gasteiger partial charge in [-0.3, -0.25) is 4.79 Å². The van der Waals surface area contributed by atoms with Crippen LogP contribution in [-0.4, -0.2) is 38.3 Å². The number of H-pyrrole nitrogens is 1. The van der Waals surface area contributed by atoms with Gasteiger partial charge in [-0.15, -0.1) is 0 Å². The lowest BCUT2D eigenvalue weighted by Gasteiger charge is -2.37. The van der Waals surface area contributed by atoms with Crippen molar-refractivity contribution in [3.63, 3.8) is 0 Å². The van der Waals surface area contributed by atoms with Crippen molar-refractivity contribution < 1.29 is 4.79 Å². The van der Waals surface area contributed by atoms with E-state index in [1.807, 2.05) is 11.0 Å². The van der Waals surface area contributed by atoms with Crippen molar-refractivity contribution in [3.8, 4) is 0 Å². The molecule has 0 radical (unpaired) electrons. The molecule has 2 aromatic heterocycles. The summed E-state index contributed by atoms with van der Waals surface area (Å²) in [7, 11) is 0. The molecule has 3 aromatic rings. The van der Waals surface area contributed by atoms with Crippen molar-refractivity contribution >= 4 is 17.1 Å². The molecule has 5 heteroatoms. The van der Waals surface area contributed by atoms with E-state index in [-0.39, 0.29) is 11.9 Å². The van der Waals surface area contributed by atoms with Crippen LogP contribution < -0.4 is 0 Å². The van der Waals surface area contributed by atoms with Gasteiger partial charge in [-0.2, -0.15) is 0 Å². The van der Waals surface area contributed by atoms with Gasteiger partial charge in [0.1, 0.15) is 5.69 Å². The normalized spacial score (nSPS) is 22.4. The van der Waals surface area contributed by atoms with Gasteiger partial charge in [-0.1, -0.05) is 24.3 Å². The number of nitrogens with zero attached hydrogens (tertiary/aromatic N) is 3. The molecule has 5 nitrogen and oxygen atoms in total. The Kier molecular flexibility index (Phi) is 2.95. The van der Waals surface area contributed by atoms with Gasteiger partial charge in [0, 0.05) is 18.5 Å². The van der Waals surface area contributed by atoms with Crippen molar-refractivity contribution in [2.75, 3.05) is 6.54 Å². The summed E-state index contributed by atoms with van der Waals surface area (Å²) >= 11 is 0. The molecule has 0 saturated carbocycles. The van der Waals surface area contributed by atoms with Crippen LogP contribution in [0.3, 0.4) is 0 Å². The van der Waals surface area contributed by atoms with E-state index in [4.69, 9.17) is 0 Å². The Morgan fingerprint density at radius 2 is 2.12 bits per heavy atom. The molecule has 2 atom stereocenters. The minimum atomic E-state index is 0.0300. The van der Waals surface area contributed by atoms with Gasteiger partial charge in [0.25, 0.3) is 5.91 Å². The standard InChI is InChI=1S/C19H18N4O/c24-19(16-8-7-15-18(22-16)21-11-20-15)23-9-3-6-14-13-5-2-1-4-12(13)10-17(14)23/h1-2,4-5,7-8,11,14,17H,3,6,9-10H2,(H,20,21,22)/t14-,17+/m1/s1. The molecule has 3 heterocycles. The minimum absolute atomic E-state index is 0.0300. The Hall–Kier alpha value is -2.69. The van der Waals surface area contributed by atoms with Crippen LogP contribution in [0.25, 0.3) is 11.2 Å². The molecule has 1 aromatic carbocycles. The highest BCUT2D eigenvalue weighted by Crippen LogP contribution is 2.42. The zero-order chi connectivity index (χ0) is 16.1. The van der Waals surface area contributed by atoms with Crippen LogP contribution in [0.1, 0.15) is 40.4 Å². The molecular weight excluding hydrogens is 300 g/mol. The molecule has 0 unspecified atom stereocenters. The SMILES string of the molecule is O=C(c1ccc2[nH]cnc2n1)N1CCC[C@@H]2c3ccccc3C[C@@H]21. The number of carbonyl (C=O) groups excluding carboxylic acids is 1. The number of pyridine rings is 1. The number of carbonyl (C=O) groups is 1. The number of imidazole rings is 1. The average molecular weight is 318 g/mol. The van der Waals surface area contributed by atoms with E-state index in [9.17, 15) is 4.79 Å². The zero-order valence-electron chi connectivity index (χ0n) is 13.3. The van der Waals surface area contributed by atoms with E-state index in [0.717, 1.165) is 31.3 Å². The van der Waals surface area contributed by atoms with E-state index in [1.165, 1.54) is 11.1 Å². The minimum Gasteiger partial charge on any atom is -0.343 e. The van der Waals surface area contributed by atoms with Crippen molar-refractivity contribution in [1.29, 1.82) is 0 Å². The first-order valence-corrected chi connectivity index (χ1v) is 8.50. The lowest BCUT2D eigenvalue weighted by atomic mass is 9.88. The predicted octanol–water partition coefficient (Wildman–Crippen LogP) is 2.90. The van der Waals surface area contributed by atoms with Crippen LogP contribution in [0.4, 0.5) is 0 Å². The second-order valence-corrected chi connectivity index (χ2v) is 6.69. The quantitative estimate of drug-likeness (QED) is 0.750. The first-order valence-electron chi connectivity index (χ1n) is 8.50. The lowest BCUT2D eigenvalue weighted by Crippen LogP contribution is -2.46. The van der Waals surface area contributed by atoms with Crippen LogP contribution in [0.5, 0.6) is 0 Å². The summed E-state index contributed by atoms with van der Waals surface area (Å²) in [4.78, 5) is 26.7. The molecule has 0 spiro atoms. The van der Waals surface area contributed by atoms with Crippen LogP contribution >= 0.6 is 0 Å². The molecule has 1 aliphatic carbocycles. The van der Waals surface area contributed by atoms with E-state index in [1.54, 1.807) is 12.4 Å². The third kappa shape index (κ3) is 1.97. The van der Waals surface area contributed by atoms with Crippen LogP contribution in [-0.2, 0) is 6.42 Å². The number of nitrogens with one attached hydrogen (secondary N) is 1. The monoisotopic (exact) mass is 318 g/mol. The third-order valence-electron chi connectivity index (χ3n) is 5.42. The molecule has 5 rings (SSSR count). The van der Waals surface area contributed by atoms with Crippen LogP contribution in [0.15, 0.2) is 42.7 Å². The van der Waals surface area contributed by atoms with Crippen molar-refractivity contribution in [3.05, 3.63) is 59.5 Å². The number of amides is 1. The summed E-state index contributed by atoms with van der Waals surface area (Å²) in [5.41, 5.74) is 4.77. The van der Waals surface area contributed by atoms with E-state index >= 15 is 0 Å². The fourth-order valence-corrected chi connectivity index (χ4v) is 4.32. The highest BCUT2D eigenvalue weighted by molar-refractivity contribution is 5.94. The molecule has 1 aliphatic heterocycles. The fourth-order valence-electron chi connectivity index (χ4n) is 4.32. The number of likely N-dealkylation sites (tertiary alicyclic amines) is 1. The smallest absolute Gasteiger partial charge is 0.272 e. The summed E-state index contributed by atoms with van der Waals surface area (Å²) in [6.07, 6.45) is 4.77. The maximum atomic E-state index is 13.1. The molecule has 1 N–H and O–H groups in total. The Bertz CT molecular complexity index is 932. The van der Waals surface area contributed by atoms with Gasteiger partial charge in [-0.05, 0) is 42.5 Å². The molecule has 0 bridgehead atoms. The highest BCUT2D eigenvalue weighted by atomic mass is 16.2. The zero-order valence-corrected chi connectivity index (χ0v) is 13.3. The van der Waals surface area contributed by atoms with Crippen LogP contribution in [0, 0.1) is 0 Å². The second kappa shape index (κ2) is 5.16. The Morgan fingerprint density at radius 3 is 3.08 bits per heavy atom. The van der Waals surface area contributed by atoms with Crippen LogP contribution in [0.2, 0.25) is 0 Å². The van der Waals surface area contributed by atoms with Crippen molar-refractivity contribution in [2.24, 2.45) is 0 Å². The first-order chi connectivity index (χ1) is 11.8. The average Bonchev–Trinajstić information content (AvgIpc) is 3.24. The molecule has 120 valence electrons. The molecular formula is C19H18N4O. The van der Waals surface area contributed by atoms with E-state index in [0.29, 0.717) is 17.3 Å². The van der Waals surface area contributed by atoms with Gasteiger partial charge in [0.05, 0.1) is 11.8 Å². The number of hydrogen-bond donors (Lipinski definition) is 1. The van der Waals surface area contributed by atoms with Gasteiger partial charge < -0.3 is 9.88 Å². The largest absolute Gasteiger partial charge is 0.343 e. The van der Waals surface area contributed by atoms with E-state index in [2.05, 4.69) is 39.2 Å². The molecule has 1 fully saturated rings. The summed E-state index contributed by atoms with van der Waals surface area (Å²) in [6, 6.07) is 12.6. The van der Waals surface area contributed by atoms with Crippen molar-refractivity contribution in [2.45, 2.75) is 31.2 Å². The number of piperidine rings is 1. The first kappa shape index (κ1) is 13.7. The Morgan fingerprint density at radius 1 is 1.21 bits per heavy atom. The summed E-state index contributed by atoms with van der Waals surface area (Å²) in [5.74, 6) is 0.496. The number of benzene rings is 1. The lowest BCUT2D eigenvalue weighted by molar-refractivity contribution is 0.0589. The fraction of sp³-hybridized carbons (Fsp3) is 0.316. The van der Waals surface area contributed by atoms with Gasteiger partial charge >= 0.3 is 0 Å². The van der Waals surface area contributed by atoms with Gasteiger partial charge in [-0.25, -0.2) is 9.97 Å². The maximum absolute atomic E-state index is 13.1. The summed E-state index contributed by atoms with van der Waals surface area (Å²) in [6.45, 7) is 0.814. The molecule has 1 amide bonds. The molecule has 1 saturated heterocycles. The molecule has 2 aliphatic rings. The topological polar surface area (TPSA) is 61.9 Å². The maximum Gasteiger partial charge on any atom is 0.272 e. The van der Waals surface area contributed by atoms with Gasteiger partial charge in [0.15, 0.2) is 5.65 Å². The van der Waals surface area contributed by atoms with Crippen molar-refractivity contribution in [1.82, 2.24) is 19.9 Å². The van der Waals surface area contributed by atoms with E-state index < -0.39 is 0 Å². The summed E-state index contributed by atoms with van der Waals surface area (Å²) < 4.78 is 0. The highest BCUT2D eigenvalue weighted by Gasteiger charge is 2.40. The Balaban J connectivity index is 1.49. The molecule has 24 heavy (non-hydrogen) atoms. The number of fused-ring (bicyclic) bond motifs is 4. The summed E-state index contributed by atoms with van der Waals surface area (Å²) in [5, 5.41) is 0. The number of rotatable bonds is 1.